The van der Waals surface area contributed by atoms with E-state index in [1.54, 1.807) is 0 Å². The van der Waals surface area contributed by atoms with Crippen LogP contribution in [0.4, 0.5) is 0 Å². The molecule has 3 rings (SSSR count). The average Bonchev–Trinajstić information content (AvgIpc) is 2.56. The normalized spacial score (nSPS) is 27.3. The Balaban J connectivity index is 1.45. The van der Waals surface area contributed by atoms with Crippen LogP contribution in [0.5, 0.6) is 0 Å². The highest BCUT2D eigenvalue weighted by Crippen LogP contribution is 2.26. The molecule has 2 fully saturated rings. The lowest BCUT2D eigenvalue weighted by Crippen LogP contribution is -2.49. The molecular formula is C19H27NO3. The maximum Gasteiger partial charge on any atom is 0.220 e. The van der Waals surface area contributed by atoms with Gasteiger partial charge in [0.05, 0.1) is 25.4 Å². The van der Waals surface area contributed by atoms with Crippen LogP contribution in [0.2, 0.25) is 0 Å². The first-order valence-electron chi connectivity index (χ1n) is 8.70. The van der Waals surface area contributed by atoms with E-state index in [1.807, 2.05) is 0 Å². The highest BCUT2D eigenvalue weighted by atomic mass is 16.6. The molecule has 1 saturated heterocycles. The topological polar surface area (TPSA) is 47.6 Å². The minimum Gasteiger partial charge on any atom is -0.373 e. The minimum atomic E-state index is 0.142. The van der Waals surface area contributed by atoms with Crippen LogP contribution in [0, 0.1) is 13.8 Å². The summed E-state index contributed by atoms with van der Waals surface area (Å²) in [5.41, 5.74) is 3.82. The van der Waals surface area contributed by atoms with Gasteiger partial charge in [-0.05, 0) is 56.2 Å². The van der Waals surface area contributed by atoms with Crippen molar-refractivity contribution in [2.24, 2.45) is 0 Å². The number of carbonyl (C=O) groups excluding carboxylic acids is 1. The molecule has 126 valence electrons. The SMILES string of the molecule is Cc1ccc(CCC(=O)NC2CCC3OCCOC3C2)cc1C. The van der Waals surface area contributed by atoms with Crippen molar-refractivity contribution in [2.75, 3.05) is 13.2 Å². The van der Waals surface area contributed by atoms with Crippen LogP contribution in [0.3, 0.4) is 0 Å². The van der Waals surface area contributed by atoms with E-state index in [-0.39, 0.29) is 24.2 Å². The fourth-order valence-corrected chi connectivity index (χ4v) is 3.51. The number of hydrogen-bond acceptors (Lipinski definition) is 3. The van der Waals surface area contributed by atoms with E-state index in [0.717, 1.165) is 25.7 Å². The smallest absolute Gasteiger partial charge is 0.220 e. The van der Waals surface area contributed by atoms with E-state index in [9.17, 15) is 4.79 Å². The van der Waals surface area contributed by atoms with E-state index >= 15 is 0 Å². The fraction of sp³-hybridized carbons (Fsp3) is 0.632. The van der Waals surface area contributed by atoms with Gasteiger partial charge >= 0.3 is 0 Å². The molecule has 0 aromatic heterocycles. The maximum absolute atomic E-state index is 12.2. The molecule has 1 N–H and O–H groups in total. The van der Waals surface area contributed by atoms with Crippen molar-refractivity contribution >= 4 is 5.91 Å². The van der Waals surface area contributed by atoms with Gasteiger partial charge in [-0.25, -0.2) is 0 Å². The Labute approximate surface area is 138 Å². The van der Waals surface area contributed by atoms with Crippen molar-refractivity contribution in [3.8, 4) is 0 Å². The van der Waals surface area contributed by atoms with Gasteiger partial charge in [-0.15, -0.1) is 0 Å². The molecular weight excluding hydrogens is 290 g/mol. The lowest BCUT2D eigenvalue weighted by atomic mass is 9.89. The summed E-state index contributed by atoms with van der Waals surface area (Å²) >= 11 is 0. The molecule has 1 aliphatic carbocycles. The lowest BCUT2D eigenvalue weighted by Gasteiger charge is -2.39. The predicted molar refractivity (Wildman–Crippen MR) is 89.5 cm³/mol. The molecule has 0 bridgehead atoms. The number of hydrogen-bond donors (Lipinski definition) is 1. The van der Waals surface area contributed by atoms with E-state index < -0.39 is 0 Å². The first-order chi connectivity index (χ1) is 11.1. The molecule has 2 aliphatic rings. The molecule has 1 aromatic carbocycles. The van der Waals surface area contributed by atoms with Gasteiger partial charge in [0.15, 0.2) is 0 Å². The quantitative estimate of drug-likeness (QED) is 0.929. The molecule has 1 amide bonds. The summed E-state index contributed by atoms with van der Waals surface area (Å²) in [7, 11) is 0. The second-order valence-corrected chi connectivity index (χ2v) is 6.81. The summed E-state index contributed by atoms with van der Waals surface area (Å²) in [6.45, 7) is 5.60. The number of carbonyl (C=O) groups is 1. The van der Waals surface area contributed by atoms with Gasteiger partial charge in [-0.1, -0.05) is 18.2 Å². The number of rotatable bonds is 4. The molecule has 23 heavy (non-hydrogen) atoms. The summed E-state index contributed by atoms with van der Waals surface area (Å²) in [4.78, 5) is 12.2. The van der Waals surface area contributed by atoms with Crippen LogP contribution in [0.15, 0.2) is 18.2 Å². The zero-order valence-corrected chi connectivity index (χ0v) is 14.1. The van der Waals surface area contributed by atoms with Gasteiger partial charge in [-0.2, -0.15) is 0 Å². The molecule has 3 unspecified atom stereocenters. The molecule has 1 aliphatic heterocycles. The van der Waals surface area contributed by atoms with Crippen molar-refractivity contribution in [1.29, 1.82) is 0 Å². The number of aryl methyl sites for hydroxylation is 3. The Morgan fingerprint density at radius 1 is 1.13 bits per heavy atom. The molecule has 3 atom stereocenters. The van der Waals surface area contributed by atoms with Crippen molar-refractivity contribution < 1.29 is 14.3 Å². The Kier molecular flexibility index (Phi) is 5.34. The first kappa shape index (κ1) is 16.5. The molecule has 4 heteroatoms. The zero-order chi connectivity index (χ0) is 16.2. The average molecular weight is 317 g/mol. The Hall–Kier alpha value is -1.39. The van der Waals surface area contributed by atoms with Crippen LogP contribution in [-0.2, 0) is 20.7 Å². The van der Waals surface area contributed by atoms with Crippen LogP contribution < -0.4 is 5.32 Å². The molecule has 0 spiro atoms. The van der Waals surface area contributed by atoms with Crippen molar-refractivity contribution in [3.05, 3.63) is 34.9 Å². The number of amides is 1. The first-order valence-corrected chi connectivity index (χ1v) is 8.70. The van der Waals surface area contributed by atoms with Crippen LogP contribution >= 0.6 is 0 Å². The van der Waals surface area contributed by atoms with Crippen LogP contribution in [0.1, 0.15) is 42.4 Å². The molecule has 1 aromatic rings. The summed E-state index contributed by atoms with van der Waals surface area (Å²) in [6, 6.07) is 6.66. The maximum atomic E-state index is 12.2. The van der Waals surface area contributed by atoms with Gasteiger partial charge in [-0.3, -0.25) is 4.79 Å². The van der Waals surface area contributed by atoms with Gasteiger partial charge in [0.1, 0.15) is 0 Å². The molecule has 0 radical (unpaired) electrons. The van der Waals surface area contributed by atoms with E-state index in [2.05, 4.69) is 37.4 Å². The molecule has 1 saturated carbocycles. The van der Waals surface area contributed by atoms with Gasteiger partial charge in [0.2, 0.25) is 5.91 Å². The van der Waals surface area contributed by atoms with Crippen LogP contribution in [0.25, 0.3) is 0 Å². The summed E-state index contributed by atoms with van der Waals surface area (Å²) in [6.07, 6.45) is 4.57. The van der Waals surface area contributed by atoms with E-state index in [4.69, 9.17) is 9.47 Å². The monoisotopic (exact) mass is 317 g/mol. The largest absolute Gasteiger partial charge is 0.373 e. The zero-order valence-electron chi connectivity index (χ0n) is 14.1. The lowest BCUT2D eigenvalue weighted by molar-refractivity contribution is -0.158. The second kappa shape index (κ2) is 7.45. The van der Waals surface area contributed by atoms with E-state index in [1.165, 1.54) is 16.7 Å². The molecule has 1 heterocycles. The standard InChI is InChI=1S/C19H27NO3/c1-13-3-4-15(11-14(13)2)5-8-19(21)20-16-6-7-17-18(12-16)23-10-9-22-17/h3-4,11,16-18H,5-10,12H2,1-2H3,(H,20,21). The fourth-order valence-electron chi connectivity index (χ4n) is 3.51. The predicted octanol–water partition coefficient (Wildman–Crippen LogP) is 2.69. The Morgan fingerprint density at radius 3 is 2.70 bits per heavy atom. The Bertz CT molecular complexity index is 558. The summed E-state index contributed by atoms with van der Waals surface area (Å²) in [5, 5.41) is 3.17. The van der Waals surface area contributed by atoms with Gasteiger partial charge < -0.3 is 14.8 Å². The van der Waals surface area contributed by atoms with E-state index in [0.29, 0.717) is 19.6 Å². The number of fused-ring (bicyclic) bond motifs is 1. The third-order valence-electron chi connectivity index (χ3n) is 5.06. The van der Waals surface area contributed by atoms with Crippen LogP contribution in [-0.4, -0.2) is 37.4 Å². The third kappa shape index (κ3) is 4.33. The summed E-state index contributed by atoms with van der Waals surface area (Å²) in [5.74, 6) is 0.142. The molecule has 4 nitrogen and oxygen atoms in total. The highest BCUT2D eigenvalue weighted by molar-refractivity contribution is 5.76. The number of ether oxygens (including phenoxy) is 2. The second-order valence-electron chi connectivity index (χ2n) is 6.81. The van der Waals surface area contributed by atoms with Crippen molar-refractivity contribution in [3.63, 3.8) is 0 Å². The van der Waals surface area contributed by atoms with Gasteiger partial charge in [0.25, 0.3) is 0 Å². The minimum absolute atomic E-state index is 0.142. The number of benzene rings is 1. The van der Waals surface area contributed by atoms with Crippen molar-refractivity contribution in [1.82, 2.24) is 5.32 Å². The third-order valence-corrected chi connectivity index (χ3v) is 5.06. The number of nitrogens with one attached hydrogen (secondary N) is 1. The van der Waals surface area contributed by atoms with Gasteiger partial charge in [0, 0.05) is 12.5 Å². The highest BCUT2D eigenvalue weighted by Gasteiger charge is 2.34. The Morgan fingerprint density at radius 2 is 1.91 bits per heavy atom. The summed E-state index contributed by atoms with van der Waals surface area (Å²) < 4.78 is 11.5. The van der Waals surface area contributed by atoms with Crippen molar-refractivity contribution in [2.45, 2.75) is 64.2 Å².